The van der Waals surface area contributed by atoms with Crippen molar-refractivity contribution in [1.82, 2.24) is 10.3 Å². The maximum atomic E-state index is 5.61. The normalized spacial score (nSPS) is 14.8. The van der Waals surface area contributed by atoms with E-state index in [9.17, 15) is 0 Å². The van der Waals surface area contributed by atoms with Gasteiger partial charge in [0.15, 0.2) is 0 Å². The van der Waals surface area contributed by atoms with Gasteiger partial charge in [0.25, 0.3) is 0 Å². The highest BCUT2D eigenvalue weighted by Gasteiger charge is 2.18. The lowest BCUT2D eigenvalue weighted by atomic mass is 10.4. The van der Waals surface area contributed by atoms with Gasteiger partial charge in [-0.25, -0.2) is 4.98 Å². The first-order valence-electron chi connectivity index (χ1n) is 4.16. The fraction of sp³-hybridized carbons (Fsp3) is 0.222. The van der Waals surface area contributed by atoms with Gasteiger partial charge in [-0.2, -0.15) is 0 Å². The van der Waals surface area contributed by atoms with Crippen molar-refractivity contribution in [3.8, 4) is 10.8 Å². The van der Waals surface area contributed by atoms with E-state index in [1.165, 1.54) is 0 Å². The summed E-state index contributed by atoms with van der Waals surface area (Å²) in [4.78, 5) is 5.52. The summed E-state index contributed by atoms with van der Waals surface area (Å²) in [5, 5.41) is 5.22. The summed E-state index contributed by atoms with van der Waals surface area (Å²) in [6, 6.07) is 4.03. The highest BCUT2D eigenvalue weighted by Crippen LogP contribution is 2.27. The average molecular weight is 192 g/mol. The molecule has 0 saturated heterocycles. The number of fused-ring (bicyclic) bond motifs is 1. The van der Waals surface area contributed by atoms with Gasteiger partial charge < -0.3 is 9.73 Å². The van der Waals surface area contributed by atoms with Crippen LogP contribution in [0.15, 0.2) is 21.9 Å². The zero-order valence-electron chi connectivity index (χ0n) is 6.91. The molecule has 0 unspecified atom stereocenters. The van der Waals surface area contributed by atoms with Gasteiger partial charge in [0.2, 0.25) is 5.89 Å². The number of hydrogen-bond donors (Lipinski definition) is 1. The van der Waals surface area contributed by atoms with Gasteiger partial charge in [-0.3, -0.25) is 0 Å². The van der Waals surface area contributed by atoms with Crippen molar-refractivity contribution in [3.05, 3.63) is 29.0 Å². The van der Waals surface area contributed by atoms with Crippen LogP contribution < -0.4 is 5.32 Å². The Hall–Kier alpha value is -1.13. The van der Waals surface area contributed by atoms with E-state index in [2.05, 4.69) is 10.3 Å². The van der Waals surface area contributed by atoms with E-state index in [-0.39, 0.29) is 0 Å². The molecule has 4 heteroatoms. The van der Waals surface area contributed by atoms with Crippen LogP contribution in [0, 0.1) is 0 Å². The molecular weight excluding hydrogens is 184 g/mol. The summed E-state index contributed by atoms with van der Waals surface area (Å²) in [6.45, 7) is 1.65. The van der Waals surface area contributed by atoms with Crippen LogP contribution in [-0.2, 0) is 13.1 Å². The van der Waals surface area contributed by atoms with E-state index < -0.39 is 0 Å². The molecule has 0 amide bonds. The number of thiophene rings is 1. The second-order valence-corrected chi connectivity index (χ2v) is 3.92. The lowest BCUT2D eigenvalue weighted by molar-refractivity contribution is 0.512. The van der Waals surface area contributed by atoms with Crippen molar-refractivity contribution in [1.29, 1.82) is 0 Å². The summed E-state index contributed by atoms with van der Waals surface area (Å²) in [5.41, 5.74) is 1.06. The predicted octanol–water partition coefficient (Wildman–Crippen LogP) is 2.01. The second kappa shape index (κ2) is 2.68. The predicted molar refractivity (Wildman–Crippen MR) is 50.4 cm³/mol. The minimum atomic E-state index is 0.765. The molecule has 0 spiro atoms. The van der Waals surface area contributed by atoms with Gasteiger partial charge in [-0.15, -0.1) is 11.3 Å². The molecule has 0 aliphatic carbocycles. The summed E-state index contributed by atoms with van der Waals surface area (Å²) in [7, 11) is 0. The summed E-state index contributed by atoms with van der Waals surface area (Å²) < 4.78 is 5.61. The Morgan fingerprint density at radius 2 is 2.46 bits per heavy atom. The molecule has 0 atom stereocenters. The zero-order chi connectivity index (χ0) is 8.67. The van der Waals surface area contributed by atoms with E-state index in [0.29, 0.717) is 0 Å². The molecule has 0 fully saturated rings. The van der Waals surface area contributed by atoms with Crippen LogP contribution in [-0.4, -0.2) is 4.98 Å². The standard InChI is InChI=1S/C9H8N2OS/c1-2-8(13-3-1)9-11-6-4-10-5-7(6)12-9/h1-3,10H,4-5H2. The van der Waals surface area contributed by atoms with Crippen LogP contribution >= 0.6 is 11.3 Å². The first-order chi connectivity index (χ1) is 6.43. The van der Waals surface area contributed by atoms with Crippen LogP contribution in [0.3, 0.4) is 0 Å². The van der Waals surface area contributed by atoms with Crippen molar-refractivity contribution >= 4 is 11.3 Å². The summed E-state index contributed by atoms with van der Waals surface area (Å²) in [5.74, 6) is 1.75. The summed E-state index contributed by atoms with van der Waals surface area (Å²) >= 11 is 1.66. The van der Waals surface area contributed by atoms with E-state index in [4.69, 9.17) is 4.42 Å². The number of oxazole rings is 1. The number of nitrogens with one attached hydrogen (secondary N) is 1. The van der Waals surface area contributed by atoms with Crippen LogP contribution in [0.4, 0.5) is 0 Å². The molecule has 0 saturated carbocycles. The third-order valence-corrected chi connectivity index (χ3v) is 2.95. The molecule has 3 nitrogen and oxygen atoms in total. The van der Waals surface area contributed by atoms with Crippen LogP contribution in [0.2, 0.25) is 0 Å². The Kier molecular flexibility index (Phi) is 1.50. The van der Waals surface area contributed by atoms with Gasteiger partial charge in [0.05, 0.1) is 17.1 Å². The molecule has 1 aliphatic heterocycles. The van der Waals surface area contributed by atoms with E-state index in [1.807, 2.05) is 17.5 Å². The van der Waals surface area contributed by atoms with E-state index >= 15 is 0 Å². The smallest absolute Gasteiger partial charge is 0.236 e. The van der Waals surface area contributed by atoms with E-state index in [0.717, 1.165) is 35.3 Å². The highest BCUT2D eigenvalue weighted by molar-refractivity contribution is 7.13. The SMILES string of the molecule is c1csc(-c2nc3c(o2)CNC3)c1. The molecule has 2 aromatic heterocycles. The number of nitrogens with zero attached hydrogens (tertiary/aromatic N) is 1. The molecule has 0 aromatic carbocycles. The number of rotatable bonds is 1. The molecule has 1 aliphatic rings. The van der Waals surface area contributed by atoms with Crippen molar-refractivity contribution < 1.29 is 4.42 Å². The van der Waals surface area contributed by atoms with Crippen LogP contribution in [0.25, 0.3) is 10.8 Å². The topological polar surface area (TPSA) is 38.1 Å². The third kappa shape index (κ3) is 1.10. The molecule has 0 bridgehead atoms. The molecule has 66 valence electrons. The Labute approximate surface area is 79.4 Å². The number of hydrogen-bond acceptors (Lipinski definition) is 4. The van der Waals surface area contributed by atoms with Gasteiger partial charge in [0, 0.05) is 6.54 Å². The molecule has 1 N–H and O–H groups in total. The minimum Gasteiger partial charge on any atom is -0.439 e. The molecule has 2 aromatic rings. The second-order valence-electron chi connectivity index (χ2n) is 2.97. The van der Waals surface area contributed by atoms with Crippen molar-refractivity contribution in [2.75, 3.05) is 0 Å². The lowest BCUT2D eigenvalue weighted by Gasteiger charge is -1.89. The van der Waals surface area contributed by atoms with Gasteiger partial charge in [-0.1, -0.05) is 6.07 Å². The fourth-order valence-corrected chi connectivity index (χ4v) is 2.11. The Balaban J connectivity index is 2.08. The van der Waals surface area contributed by atoms with Crippen molar-refractivity contribution in [2.24, 2.45) is 0 Å². The number of aromatic nitrogens is 1. The molecule has 0 radical (unpaired) electrons. The summed E-state index contributed by atoms with van der Waals surface area (Å²) in [6.07, 6.45) is 0. The maximum Gasteiger partial charge on any atom is 0.236 e. The molecular formula is C9H8N2OS. The average Bonchev–Trinajstić information content (AvgIpc) is 2.78. The minimum absolute atomic E-state index is 0.765. The maximum absolute atomic E-state index is 5.61. The Morgan fingerprint density at radius 3 is 3.23 bits per heavy atom. The van der Waals surface area contributed by atoms with Gasteiger partial charge >= 0.3 is 0 Å². The zero-order valence-corrected chi connectivity index (χ0v) is 7.73. The third-order valence-electron chi connectivity index (χ3n) is 2.09. The molecule has 3 heterocycles. The Morgan fingerprint density at radius 1 is 1.46 bits per heavy atom. The van der Waals surface area contributed by atoms with Crippen molar-refractivity contribution in [3.63, 3.8) is 0 Å². The van der Waals surface area contributed by atoms with E-state index in [1.54, 1.807) is 11.3 Å². The van der Waals surface area contributed by atoms with Crippen molar-refractivity contribution in [2.45, 2.75) is 13.1 Å². The largest absolute Gasteiger partial charge is 0.439 e. The van der Waals surface area contributed by atoms with Gasteiger partial charge in [0.1, 0.15) is 5.76 Å². The highest BCUT2D eigenvalue weighted by atomic mass is 32.1. The monoisotopic (exact) mass is 192 g/mol. The van der Waals surface area contributed by atoms with Crippen LogP contribution in [0.5, 0.6) is 0 Å². The van der Waals surface area contributed by atoms with Gasteiger partial charge in [-0.05, 0) is 11.4 Å². The first-order valence-corrected chi connectivity index (χ1v) is 5.04. The molecule has 13 heavy (non-hydrogen) atoms. The fourth-order valence-electron chi connectivity index (χ4n) is 1.46. The quantitative estimate of drug-likeness (QED) is 0.751. The lowest BCUT2D eigenvalue weighted by Crippen LogP contribution is -2.01. The first kappa shape index (κ1) is 7.29. The van der Waals surface area contributed by atoms with Crippen LogP contribution in [0.1, 0.15) is 11.5 Å². The molecule has 3 rings (SSSR count). The Bertz CT molecular complexity index is 397.